The van der Waals surface area contributed by atoms with Crippen molar-refractivity contribution in [2.45, 2.75) is 33.0 Å². The van der Waals surface area contributed by atoms with Gasteiger partial charge in [0.05, 0.1) is 22.0 Å². The third-order valence-electron chi connectivity index (χ3n) is 2.90. The molecule has 3 nitrogen and oxygen atoms in total. The van der Waals surface area contributed by atoms with Crippen molar-refractivity contribution in [1.29, 1.82) is 0 Å². The summed E-state index contributed by atoms with van der Waals surface area (Å²) in [5, 5.41) is 3.09. The van der Waals surface area contributed by atoms with Crippen LogP contribution in [-0.4, -0.2) is 9.55 Å². The Labute approximate surface area is 125 Å². The average molecular weight is 318 g/mol. The molecule has 1 aromatic carbocycles. The molecule has 1 N–H and O–H groups in total. The number of benzene rings is 1. The molecule has 2 rings (SSSR count). The molecule has 0 amide bonds. The van der Waals surface area contributed by atoms with Crippen LogP contribution in [0.5, 0.6) is 0 Å². The Morgan fingerprint density at radius 2 is 2.05 bits per heavy atom. The lowest BCUT2D eigenvalue weighted by molar-refractivity contribution is -0.137. The number of nitrogens with zero attached hydrogens (tertiary/aromatic N) is 2. The molecule has 114 valence electrons. The lowest BCUT2D eigenvalue weighted by atomic mass is 10.2. The molecule has 0 saturated carbocycles. The van der Waals surface area contributed by atoms with Crippen molar-refractivity contribution in [3.8, 4) is 0 Å². The Bertz CT molecular complexity index is 635. The summed E-state index contributed by atoms with van der Waals surface area (Å²) in [6.07, 6.45) is -1.68. The summed E-state index contributed by atoms with van der Waals surface area (Å²) in [6, 6.07) is 3.17. The maximum absolute atomic E-state index is 12.8. The highest BCUT2D eigenvalue weighted by Gasteiger charge is 2.31. The molecular weight excluding hydrogens is 303 g/mol. The van der Waals surface area contributed by atoms with Crippen LogP contribution < -0.4 is 5.32 Å². The molecule has 1 heterocycles. The lowest BCUT2D eigenvalue weighted by Crippen LogP contribution is -2.07. The van der Waals surface area contributed by atoms with Crippen LogP contribution in [0.1, 0.15) is 24.6 Å². The van der Waals surface area contributed by atoms with Gasteiger partial charge in [-0.05, 0) is 31.5 Å². The van der Waals surface area contributed by atoms with Crippen LogP contribution in [0.4, 0.5) is 24.8 Å². The van der Waals surface area contributed by atoms with Gasteiger partial charge in [0.15, 0.2) is 0 Å². The third kappa shape index (κ3) is 3.69. The van der Waals surface area contributed by atoms with E-state index in [1.807, 2.05) is 24.6 Å². The standard InChI is InChI=1S/C14H15ClF3N3/c1-3-6-21-8-9(2)19-13(21)20-12-7-10(14(16,17)18)4-5-11(12)15/h4-5,7-8H,3,6H2,1-2H3,(H,19,20). The average Bonchev–Trinajstić information content (AvgIpc) is 2.71. The zero-order valence-corrected chi connectivity index (χ0v) is 12.4. The molecule has 0 fully saturated rings. The maximum Gasteiger partial charge on any atom is 0.416 e. The maximum atomic E-state index is 12.8. The van der Waals surface area contributed by atoms with Crippen LogP contribution in [0.25, 0.3) is 0 Å². The predicted molar refractivity (Wildman–Crippen MR) is 77.0 cm³/mol. The van der Waals surface area contributed by atoms with Gasteiger partial charge < -0.3 is 9.88 Å². The molecule has 0 aliphatic carbocycles. The Morgan fingerprint density at radius 1 is 1.33 bits per heavy atom. The van der Waals surface area contributed by atoms with Crippen LogP contribution in [0.2, 0.25) is 5.02 Å². The number of halogens is 4. The number of nitrogens with one attached hydrogen (secondary N) is 1. The van der Waals surface area contributed by atoms with Gasteiger partial charge in [0.2, 0.25) is 5.95 Å². The fourth-order valence-corrected chi connectivity index (χ4v) is 2.14. The monoisotopic (exact) mass is 317 g/mol. The highest BCUT2D eigenvalue weighted by Crippen LogP contribution is 2.34. The summed E-state index contributed by atoms with van der Waals surface area (Å²) >= 11 is 5.97. The van der Waals surface area contributed by atoms with Gasteiger partial charge in [-0.25, -0.2) is 4.98 Å². The highest BCUT2D eigenvalue weighted by molar-refractivity contribution is 6.33. The van der Waals surface area contributed by atoms with E-state index in [1.54, 1.807) is 0 Å². The second-order valence-electron chi connectivity index (χ2n) is 4.72. The van der Waals surface area contributed by atoms with Gasteiger partial charge in [0, 0.05) is 12.7 Å². The van der Waals surface area contributed by atoms with Gasteiger partial charge in [-0.15, -0.1) is 0 Å². The van der Waals surface area contributed by atoms with Crippen LogP contribution >= 0.6 is 11.6 Å². The molecule has 1 aromatic heterocycles. The van der Waals surface area contributed by atoms with Crippen molar-refractivity contribution in [1.82, 2.24) is 9.55 Å². The normalized spacial score (nSPS) is 11.7. The van der Waals surface area contributed by atoms with Crippen LogP contribution in [0, 0.1) is 6.92 Å². The van der Waals surface area contributed by atoms with Crippen molar-refractivity contribution >= 4 is 23.2 Å². The minimum Gasteiger partial charge on any atom is -0.324 e. The minimum atomic E-state index is -4.41. The number of alkyl halides is 3. The molecule has 0 atom stereocenters. The first kappa shape index (κ1) is 15.7. The van der Waals surface area contributed by atoms with Crippen molar-refractivity contribution in [3.05, 3.63) is 40.7 Å². The second-order valence-corrected chi connectivity index (χ2v) is 5.12. The van der Waals surface area contributed by atoms with E-state index in [1.165, 1.54) is 6.07 Å². The van der Waals surface area contributed by atoms with E-state index in [4.69, 9.17) is 11.6 Å². The van der Waals surface area contributed by atoms with Crippen LogP contribution in [0.15, 0.2) is 24.4 Å². The van der Waals surface area contributed by atoms with Gasteiger partial charge in [-0.2, -0.15) is 13.2 Å². The number of aromatic nitrogens is 2. The number of imidazole rings is 1. The van der Waals surface area contributed by atoms with Gasteiger partial charge in [-0.3, -0.25) is 0 Å². The first-order valence-electron chi connectivity index (χ1n) is 6.48. The molecule has 7 heteroatoms. The van der Waals surface area contributed by atoms with Gasteiger partial charge in [-0.1, -0.05) is 18.5 Å². The van der Waals surface area contributed by atoms with E-state index in [0.717, 1.165) is 30.8 Å². The zero-order valence-electron chi connectivity index (χ0n) is 11.6. The molecule has 0 aliphatic heterocycles. The summed E-state index contributed by atoms with van der Waals surface area (Å²) in [6.45, 7) is 4.56. The molecule has 2 aromatic rings. The smallest absolute Gasteiger partial charge is 0.324 e. The Hall–Kier alpha value is -1.69. The van der Waals surface area contributed by atoms with Gasteiger partial charge in [0.25, 0.3) is 0 Å². The number of hydrogen-bond acceptors (Lipinski definition) is 2. The fourth-order valence-electron chi connectivity index (χ4n) is 1.98. The van der Waals surface area contributed by atoms with Gasteiger partial charge >= 0.3 is 6.18 Å². The summed E-state index contributed by atoms with van der Waals surface area (Å²) in [5.74, 6) is 0.482. The molecule has 0 spiro atoms. The SMILES string of the molecule is CCCn1cc(C)nc1Nc1cc(C(F)(F)F)ccc1Cl. The summed E-state index contributed by atoms with van der Waals surface area (Å²) in [5.41, 5.74) is 0.225. The molecule has 0 radical (unpaired) electrons. The highest BCUT2D eigenvalue weighted by atomic mass is 35.5. The summed E-state index contributed by atoms with van der Waals surface area (Å²) in [7, 11) is 0. The van der Waals surface area contributed by atoms with Gasteiger partial charge in [0.1, 0.15) is 0 Å². The number of rotatable bonds is 4. The molecule has 0 saturated heterocycles. The molecule has 0 bridgehead atoms. The quantitative estimate of drug-likeness (QED) is 0.858. The Kier molecular flexibility index (Phi) is 4.46. The van der Waals surface area contributed by atoms with E-state index in [9.17, 15) is 13.2 Å². The topological polar surface area (TPSA) is 29.9 Å². The first-order valence-corrected chi connectivity index (χ1v) is 6.86. The first-order chi connectivity index (χ1) is 9.81. The van der Waals surface area contributed by atoms with E-state index in [2.05, 4.69) is 10.3 Å². The Morgan fingerprint density at radius 3 is 2.67 bits per heavy atom. The van der Waals surface area contributed by atoms with Crippen LogP contribution in [0.3, 0.4) is 0 Å². The lowest BCUT2D eigenvalue weighted by Gasteiger charge is -2.13. The third-order valence-corrected chi connectivity index (χ3v) is 3.23. The molecule has 21 heavy (non-hydrogen) atoms. The second kappa shape index (κ2) is 5.97. The molecular formula is C14H15ClF3N3. The Balaban J connectivity index is 2.35. The minimum absolute atomic E-state index is 0.189. The molecule has 0 unspecified atom stereocenters. The fraction of sp³-hybridized carbons (Fsp3) is 0.357. The van der Waals surface area contributed by atoms with E-state index in [-0.39, 0.29) is 10.7 Å². The summed E-state index contributed by atoms with van der Waals surface area (Å²) in [4.78, 5) is 4.27. The largest absolute Gasteiger partial charge is 0.416 e. The zero-order chi connectivity index (χ0) is 15.6. The van der Waals surface area contributed by atoms with Crippen molar-refractivity contribution in [2.24, 2.45) is 0 Å². The summed E-state index contributed by atoms with van der Waals surface area (Å²) < 4.78 is 40.1. The van der Waals surface area contributed by atoms with Crippen molar-refractivity contribution < 1.29 is 13.2 Å². The van der Waals surface area contributed by atoms with Crippen molar-refractivity contribution in [2.75, 3.05) is 5.32 Å². The van der Waals surface area contributed by atoms with E-state index in [0.29, 0.717) is 5.95 Å². The molecule has 0 aliphatic rings. The number of hydrogen-bond donors (Lipinski definition) is 1. The number of anilines is 2. The predicted octanol–water partition coefficient (Wildman–Crippen LogP) is 5.02. The number of aryl methyl sites for hydroxylation is 2. The van der Waals surface area contributed by atoms with E-state index >= 15 is 0 Å². The van der Waals surface area contributed by atoms with Crippen molar-refractivity contribution in [3.63, 3.8) is 0 Å². The van der Waals surface area contributed by atoms with Crippen LogP contribution in [-0.2, 0) is 12.7 Å². The van der Waals surface area contributed by atoms with E-state index < -0.39 is 11.7 Å².